The molecule has 2 saturated heterocycles. The van der Waals surface area contributed by atoms with Gasteiger partial charge in [0.1, 0.15) is 17.8 Å². The van der Waals surface area contributed by atoms with E-state index in [4.69, 9.17) is 6.42 Å². The van der Waals surface area contributed by atoms with Gasteiger partial charge in [-0.25, -0.2) is 0 Å². The second kappa shape index (κ2) is 18.2. The van der Waals surface area contributed by atoms with Crippen LogP contribution in [-0.2, 0) is 27.3 Å². The van der Waals surface area contributed by atoms with E-state index >= 15 is 0 Å². The van der Waals surface area contributed by atoms with E-state index in [-0.39, 0.29) is 54.9 Å². The fourth-order valence-electron chi connectivity index (χ4n) is 10.5. The average Bonchev–Trinajstić information content (AvgIpc) is 3.85. The van der Waals surface area contributed by atoms with Gasteiger partial charge in [-0.2, -0.15) is 0 Å². The van der Waals surface area contributed by atoms with Crippen molar-refractivity contribution in [2.75, 3.05) is 32.7 Å². The van der Waals surface area contributed by atoms with Crippen molar-refractivity contribution in [1.82, 2.24) is 40.5 Å². The summed E-state index contributed by atoms with van der Waals surface area (Å²) in [5.74, 6) is 2.40. The van der Waals surface area contributed by atoms with Crippen LogP contribution in [0.5, 0.6) is 5.75 Å². The molecule has 13 nitrogen and oxygen atoms in total. The summed E-state index contributed by atoms with van der Waals surface area (Å²) in [5, 5.41) is 37.2. The van der Waals surface area contributed by atoms with Crippen LogP contribution in [0.4, 0.5) is 0 Å². The minimum absolute atomic E-state index is 0.0387. The molecule has 0 radical (unpaired) electrons. The van der Waals surface area contributed by atoms with Gasteiger partial charge < -0.3 is 35.6 Å². The molecule has 3 aliphatic heterocycles. The minimum Gasteiger partial charge on any atom is -0.507 e. The van der Waals surface area contributed by atoms with E-state index < -0.39 is 23.6 Å². The van der Waals surface area contributed by atoms with Crippen molar-refractivity contribution in [2.24, 2.45) is 17.3 Å². The molecule has 0 unspecified atom stereocenters. The fraction of sp³-hybridized carbons (Fsp3) is 0.531. The number of rotatable bonds is 10. The zero-order valence-corrected chi connectivity index (χ0v) is 36.6. The highest BCUT2D eigenvalue weighted by atomic mass is 16.3. The standard InChI is InChI=1S/C49H62N8O5/c1-6-31-11-13-32(14-12-31)27-50-47(61)41-25-36(58)29-57(41)48(62)44(49(3,4)5)52-46(60)34-19-22-55(23-20-34)28-33-15-17-35(18-16-33)56-24-21-39-43(30(56)2)38-26-40(53-54-45(38)51-39)37-9-7-8-10-42(37)59/h1,7-14,26,30,33-36,41,44,58-59H,15-25,27-29H2,2-5H3,(H,50,61)(H,51,54)(H,52,60)/t30-,33-,35+,36-,41+,44-/m1/s1. The highest BCUT2D eigenvalue weighted by Crippen LogP contribution is 2.41. The molecule has 4 atom stereocenters. The number of aliphatic hydroxyl groups is 1. The molecule has 3 fully saturated rings. The number of aliphatic hydroxyl groups excluding tert-OH is 1. The quantitative estimate of drug-likeness (QED) is 0.133. The third-order valence-corrected chi connectivity index (χ3v) is 14.0. The third kappa shape index (κ3) is 9.24. The Kier molecular flexibility index (Phi) is 12.7. The van der Waals surface area contributed by atoms with Crippen molar-refractivity contribution in [1.29, 1.82) is 0 Å². The van der Waals surface area contributed by atoms with Gasteiger partial charge in [0.15, 0.2) is 5.65 Å². The molecule has 1 aliphatic carbocycles. The molecule has 4 aliphatic rings. The van der Waals surface area contributed by atoms with Crippen LogP contribution in [0.1, 0.15) is 101 Å². The molecule has 1 saturated carbocycles. The van der Waals surface area contributed by atoms with Gasteiger partial charge in [-0.15, -0.1) is 16.6 Å². The van der Waals surface area contributed by atoms with Crippen LogP contribution >= 0.6 is 0 Å². The third-order valence-electron chi connectivity index (χ3n) is 14.0. The number of terminal acetylenes is 1. The second-order valence-corrected chi connectivity index (χ2v) is 19.2. The molecule has 0 spiro atoms. The Labute approximate surface area is 365 Å². The molecule has 4 aromatic rings. The Morgan fingerprint density at radius 1 is 0.968 bits per heavy atom. The molecular formula is C49H62N8O5. The number of nitrogens with zero attached hydrogens (tertiary/aromatic N) is 5. The number of para-hydroxylation sites is 1. The van der Waals surface area contributed by atoms with Crippen LogP contribution in [0.15, 0.2) is 54.6 Å². The smallest absolute Gasteiger partial charge is 0.246 e. The first-order chi connectivity index (χ1) is 29.8. The Hall–Kier alpha value is -5.29. The van der Waals surface area contributed by atoms with E-state index in [9.17, 15) is 24.6 Å². The van der Waals surface area contributed by atoms with E-state index in [0.29, 0.717) is 23.2 Å². The summed E-state index contributed by atoms with van der Waals surface area (Å²) >= 11 is 0. The molecule has 0 bridgehead atoms. The Morgan fingerprint density at radius 2 is 1.69 bits per heavy atom. The number of nitrogens with one attached hydrogen (secondary N) is 3. The molecule has 8 rings (SSSR count). The van der Waals surface area contributed by atoms with Gasteiger partial charge in [-0.05, 0) is 111 Å². The van der Waals surface area contributed by atoms with E-state index in [2.05, 4.69) is 54.5 Å². The van der Waals surface area contributed by atoms with E-state index in [0.717, 1.165) is 80.4 Å². The van der Waals surface area contributed by atoms with Gasteiger partial charge in [0.25, 0.3) is 0 Å². The number of likely N-dealkylation sites (tertiary alicyclic amines) is 2. The first-order valence-electron chi connectivity index (χ1n) is 22.5. The molecule has 5 N–H and O–H groups in total. The summed E-state index contributed by atoms with van der Waals surface area (Å²) < 4.78 is 0. The number of hydrogen-bond acceptors (Lipinski definition) is 9. The lowest BCUT2D eigenvalue weighted by atomic mass is 9.82. The summed E-state index contributed by atoms with van der Waals surface area (Å²) in [6, 6.07) is 15.8. The second-order valence-electron chi connectivity index (χ2n) is 19.2. The van der Waals surface area contributed by atoms with Crippen molar-refractivity contribution in [3.8, 4) is 29.4 Å². The van der Waals surface area contributed by atoms with Crippen molar-refractivity contribution < 1.29 is 24.6 Å². The predicted molar refractivity (Wildman–Crippen MR) is 238 cm³/mol. The fourth-order valence-corrected chi connectivity index (χ4v) is 10.5. The maximum absolute atomic E-state index is 14.2. The molecule has 2 aromatic heterocycles. The SMILES string of the molecule is C#Cc1ccc(CNC(=O)[C@@H]2C[C@@H](O)CN2C(=O)[C@@H](NC(=O)C2CCN(C[C@H]3CC[C@@H](N4CCc5[nH]c6nnc(-c7ccccc7O)cc6c5[C@H]4C)CC3)CC2)C(C)(C)C)cc1. The van der Waals surface area contributed by atoms with Crippen molar-refractivity contribution >= 4 is 28.8 Å². The van der Waals surface area contributed by atoms with Crippen LogP contribution in [0, 0.1) is 29.6 Å². The molecule has 13 heteroatoms. The highest BCUT2D eigenvalue weighted by molar-refractivity contribution is 5.93. The largest absolute Gasteiger partial charge is 0.507 e. The van der Waals surface area contributed by atoms with Gasteiger partial charge in [0.05, 0.1) is 11.8 Å². The van der Waals surface area contributed by atoms with Crippen LogP contribution in [0.2, 0.25) is 0 Å². The van der Waals surface area contributed by atoms with Crippen molar-refractivity contribution in [2.45, 2.75) is 116 Å². The molecule has 62 heavy (non-hydrogen) atoms. The van der Waals surface area contributed by atoms with Crippen molar-refractivity contribution in [3.05, 3.63) is 77.0 Å². The van der Waals surface area contributed by atoms with Gasteiger partial charge in [-0.3, -0.25) is 19.3 Å². The first kappa shape index (κ1) is 43.4. The maximum Gasteiger partial charge on any atom is 0.246 e. The number of aromatic hydroxyl groups is 1. The number of aromatic amines is 1. The number of fused-ring (bicyclic) bond motifs is 3. The lowest BCUT2D eigenvalue weighted by Gasteiger charge is -2.43. The van der Waals surface area contributed by atoms with Gasteiger partial charge >= 0.3 is 0 Å². The topological polar surface area (TPSA) is 167 Å². The number of amides is 3. The summed E-state index contributed by atoms with van der Waals surface area (Å²) in [5.41, 5.74) is 5.70. The van der Waals surface area contributed by atoms with Crippen LogP contribution < -0.4 is 10.6 Å². The maximum atomic E-state index is 14.2. The summed E-state index contributed by atoms with van der Waals surface area (Å²) in [6.45, 7) is 12.1. The number of phenols is 1. The lowest BCUT2D eigenvalue weighted by Crippen LogP contribution is -2.58. The van der Waals surface area contributed by atoms with Crippen molar-refractivity contribution in [3.63, 3.8) is 0 Å². The monoisotopic (exact) mass is 842 g/mol. The number of H-pyrrole nitrogens is 1. The minimum atomic E-state index is -0.847. The number of carbonyl (C=O) groups excluding carboxylic acids is 3. The first-order valence-corrected chi connectivity index (χ1v) is 22.5. The van der Waals surface area contributed by atoms with Gasteiger partial charge in [0, 0.05) is 79.2 Å². The van der Waals surface area contributed by atoms with Gasteiger partial charge in [-0.1, -0.05) is 51.0 Å². The number of benzene rings is 2. The molecular weight excluding hydrogens is 781 g/mol. The number of phenolic OH excluding ortho intramolecular Hbond substituents is 1. The van der Waals surface area contributed by atoms with E-state index in [1.165, 1.54) is 29.0 Å². The Bertz CT molecular complexity index is 2300. The zero-order chi connectivity index (χ0) is 43.7. The van der Waals surface area contributed by atoms with Crippen LogP contribution in [0.3, 0.4) is 0 Å². The average molecular weight is 843 g/mol. The molecule has 2 aromatic carbocycles. The molecule has 3 amide bonds. The Balaban J connectivity index is 0.814. The molecule has 328 valence electrons. The van der Waals surface area contributed by atoms with E-state index in [1.54, 1.807) is 6.07 Å². The van der Waals surface area contributed by atoms with Gasteiger partial charge in [0.2, 0.25) is 17.7 Å². The molecule has 5 heterocycles. The summed E-state index contributed by atoms with van der Waals surface area (Å²) in [4.78, 5) is 51.6. The normalized spacial score (nSPS) is 24.3. The number of carbonyl (C=O) groups is 3. The van der Waals surface area contributed by atoms with Crippen LogP contribution in [-0.4, -0.2) is 115 Å². The van der Waals surface area contributed by atoms with E-state index in [1.807, 2.05) is 63.2 Å². The zero-order valence-electron chi connectivity index (χ0n) is 36.6. The predicted octanol–water partition coefficient (Wildman–Crippen LogP) is 5.31. The summed E-state index contributed by atoms with van der Waals surface area (Å²) in [6.07, 6.45) is 11.9. The highest BCUT2D eigenvalue weighted by Gasteiger charge is 2.45. The Morgan fingerprint density at radius 3 is 2.39 bits per heavy atom. The number of β-amino-alcohol motifs (C(OH)–C–C–N with tert-alkyl or cyclic N) is 1. The number of hydrogen-bond donors (Lipinski definition) is 5. The van der Waals surface area contributed by atoms with Crippen LogP contribution in [0.25, 0.3) is 22.3 Å². The number of aromatic nitrogens is 3. The number of piperidine rings is 1. The summed E-state index contributed by atoms with van der Waals surface area (Å²) in [7, 11) is 0. The lowest BCUT2D eigenvalue weighted by molar-refractivity contribution is -0.144.